The molecule has 0 aliphatic heterocycles. The number of carbonyl (C=O) groups excluding carboxylic acids is 2. The zero-order valence-corrected chi connectivity index (χ0v) is 15.5. The Morgan fingerprint density at radius 2 is 1.62 bits per heavy atom. The van der Waals surface area contributed by atoms with E-state index in [4.69, 9.17) is 16.3 Å². The minimum Gasteiger partial charge on any atom is -0.497 e. The number of para-hydroxylation sites is 1. The number of ether oxygens (including phenoxy) is 1. The van der Waals surface area contributed by atoms with Crippen LogP contribution in [0.2, 0.25) is 5.02 Å². The summed E-state index contributed by atoms with van der Waals surface area (Å²) in [5, 5.41) is 6.03. The zero-order valence-electron chi connectivity index (χ0n) is 14.8. The topological polar surface area (TPSA) is 70.7 Å². The Balaban J connectivity index is 1.86. The van der Waals surface area contributed by atoms with Gasteiger partial charge in [0, 0.05) is 5.69 Å². The summed E-state index contributed by atoms with van der Waals surface area (Å²) in [5.41, 5.74) is 1.23. The van der Waals surface area contributed by atoms with Gasteiger partial charge in [-0.1, -0.05) is 30.7 Å². The lowest BCUT2D eigenvalue weighted by Crippen LogP contribution is -2.38. The summed E-state index contributed by atoms with van der Waals surface area (Å²) in [6.45, 7) is 2.66. The molecule has 0 bridgehead atoms. The predicted molar refractivity (Wildman–Crippen MR) is 104 cm³/mol. The molecule has 0 atom stereocenters. The molecule has 0 radical (unpaired) electrons. The first-order valence-corrected chi connectivity index (χ1v) is 8.60. The third kappa shape index (κ3) is 6.06. The number of carbonyl (C=O) groups is 2. The molecule has 2 aromatic rings. The highest BCUT2D eigenvalue weighted by Crippen LogP contribution is 2.20. The number of anilines is 2. The number of nitrogens with zero attached hydrogens (tertiary/aromatic N) is 1. The molecule has 0 aliphatic carbocycles. The van der Waals surface area contributed by atoms with Gasteiger partial charge in [-0.05, 0) is 42.9 Å². The molecule has 2 rings (SSSR count). The van der Waals surface area contributed by atoms with Crippen LogP contribution in [-0.4, -0.2) is 43.5 Å². The van der Waals surface area contributed by atoms with Gasteiger partial charge in [-0.15, -0.1) is 0 Å². The minimum atomic E-state index is -0.225. The van der Waals surface area contributed by atoms with E-state index in [1.807, 2.05) is 6.92 Å². The number of amides is 2. The molecule has 7 heteroatoms. The van der Waals surface area contributed by atoms with E-state index in [-0.39, 0.29) is 24.9 Å². The highest BCUT2D eigenvalue weighted by atomic mass is 35.5. The largest absolute Gasteiger partial charge is 0.497 e. The predicted octanol–water partition coefficient (Wildman–Crippen LogP) is 3.25. The number of hydrogen-bond donors (Lipinski definition) is 2. The van der Waals surface area contributed by atoms with Crippen LogP contribution < -0.4 is 15.4 Å². The highest BCUT2D eigenvalue weighted by molar-refractivity contribution is 6.33. The smallest absolute Gasteiger partial charge is 0.238 e. The molecule has 0 unspecified atom stereocenters. The van der Waals surface area contributed by atoms with E-state index >= 15 is 0 Å². The summed E-state index contributed by atoms with van der Waals surface area (Å²) in [5.74, 6) is 0.300. The Hall–Kier alpha value is -2.57. The maximum Gasteiger partial charge on any atom is 0.238 e. The minimum absolute atomic E-state index is 0.0950. The summed E-state index contributed by atoms with van der Waals surface area (Å²) < 4.78 is 5.08. The molecule has 0 saturated carbocycles. The van der Waals surface area contributed by atoms with E-state index in [0.29, 0.717) is 22.9 Å². The van der Waals surface area contributed by atoms with Gasteiger partial charge >= 0.3 is 0 Å². The average molecular weight is 376 g/mol. The molecule has 26 heavy (non-hydrogen) atoms. The number of rotatable bonds is 8. The second-order valence-electron chi connectivity index (χ2n) is 5.61. The lowest BCUT2D eigenvalue weighted by Gasteiger charge is -2.19. The number of halogens is 1. The number of likely N-dealkylation sites (N-methyl/N-ethyl adjacent to an activating group) is 1. The lowest BCUT2D eigenvalue weighted by molar-refractivity contribution is -0.119. The molecular weight excluding hydrogens is 354 g/mol. The Kier molecular flexibility index (Phi) is 7.44. The van der Waals surface area contributed by atoms with Gasteiger partial charge in [-0.3, -0.25) is 14.5 Å². The Labute approximate surface area is 158 Å². The quantitative estimate of drug-likeness (QED) is 0.743. The van der Waals surface area contributed by atoms with Crippen molar-refractivity contribution in [3.05, 3.63) is 53.6 Å². The Morgan fingerprint density at radius 3 is 2.19 bits per heavy atom. The van der Waals surface area contributed by atoms with Crippen molar-refractivity contribution in [2.24, 2.45) is 0 Å². The molecule has 0 aliphatic rings. The molecule has 0 fully saturated rings. The number of benzene rings is 2. The van der Waals surface area contributed by atoms with Gasteiger partial charge in [0.15, 0.2) is 0 Å². The first-order chi connectivity index (χ1) is 12.5. The van der Waals surface area contributed by atoms with Gasteiger partial charge in [0.2, 0.25) is 11.8 Å². The van der Waals surface area contributed by atoms with Gasteiger partial charge in [0.1, 0.15) is 5.75 Å². The fourth-order valence-electron chi connectivity index (χ4n) is 2.31. The first kappa shape index (κ1) is 19.8. The van der Waals surface area contributed by atoms with E-state index < -0.39 is 0 Å². The molecule has 2 N–H and O–H groups in total. The molecule has 6 nitrogen and oxygen atoms in total. The summed E-state index contributed by atoms with van der Waals surface area (Å²) >= 11 is 6.03. The van der Waals surface area contributed by atoms with Crippen molar-refractivity contribution < 1.29 is 14.3 Å². The molecule has 2 aromatic carbocycles. The summed E-state index contributed by atoms with van der Waals surface area (Å²) in [6.07, 6.45) is 0. The zero-order chi connectivity index (χ0) is 18.9. The van der Waals surface area contributed by atoms with Gasteiger partial charge in [0.25, 0.3) is 0 Å². The van der Waals surface area contributed by atoms with Crippen LogP contribution in [0.1, 0.15) is 6.92 Å². The average Bonchev–Trinajstić information content (AvgIpc) is 2.63. The van der Waals surface area contributed by atoms with E-state index in [0.717, 1.165) is 5.75 Å². The molecule has 138 valence electrons. The van der Waals surface area contributed by atoms with Gasteiger partial charge < -0.3 is 15.4 Å². The van der Waals surface area contributed by atoms with Crippen LogP contribution >= 0.6 is 11.6 Å². The summed E-state index contributed by atoms with van der Waals surface area (Å²) in [7, 11) is 1.58. The monoisotopic (exact) mass is 375 g/mol. The third-order valence-corrected chi connectivity index (χ3v) is 4.03. The first-order valence-electron chi connectivity index (χ1n) is 8.22. The Morgan fingerprint density at radius 1 is 1.00 bits per heavy atom. The fraction of sp³-hybridized carbons (Fsp3) is 0.263. The standard InChI is InChI=1S/C19H22ClN3O3/c1-3-23(13-19(25)22-17-7-5-4-6-16(17)20)12-18(24)21-14-8-10-15(26-2)11-9-14/h4-11H,3,12-13H2,1-2H3,(H,21,24)(H,22,25). The van der Waals surface area contributed by atoms with Crippen molar-refractivity contribution >= 4 is 34.8 Å². The third-order valence-electron chi connectivity index (χ3n) is 3.70. The van der Waals surface area contributed by atoms with E-state index in [9.17, 15) is 9.59 Å². The van der Waals surface area contributed by atoms with Crippen molar-refractivity contribution in [3.8, 4) is 5.75 Å². The van der Waals surface area contributed by atoms with Crippen LogP contribution in [-0.2, 0) is 9.59 Å². The van der Waals surface area contributed by atoms with Gasteiger partial charge in [-0.2, -0.15) is 0 Å². The van der Waals surface area contributed by atoms with Crippen LogP contribution in [0.15, 0.2) is 48.5 Å². The molecule has 0 heterocycles. The maximum absolute atomic E-state index is 12.2. The molecule has 0 saturated heterocycles. The molecule has 0 spiro atoms. The van der Waals surface area contributed by atoms with Crippen LogP contribution in [0, 0.1) is 0 Å². The highest BCUT2D eigenvalue weighted by Gasteiger charge is 2.14. The van der Waals surface area contributed by atoms with Crippen molar-refractivity contribution in [1.29, 1.82) is 0 Å². The van der Waals surface area contributed by atoms with Crippen molar-refractivity contribution in [2.45, 2.75) is 6.92 Å². The second-order valence-corrected chi connectivity index (χ2v) is 6.02. The van der Waals surface area contributed by atoms with Crippen LogP contribution in [0.25, 0.3) is 0 Å². The van der Waals surface area contributed by atoms with Gasteiger partial charge in [0.05, 0.1) is 30.9 Å². The maximum atomic E-state index is 12.2. The Bertz CT molecular complexity index is 750. The summed E-state index contributed by atoms with van der Waals surface area (Å²) in [4.78, 5) is 26.1. The van der Waals surface area contributed by atoms with Crippen LogP contribution in [0.3, 0.4) is 0 Å². The molecular formula is C19H22ClN3O3. The van der Waals surface area contributed by atoms with Crippen molar-refractivity contribution in [2.75, 3.05) is 37.4 Å². The van der Waals surface area contributed by atoms with Crippen LogP contribution in [0.4, 0.5) is 11.4 Å². The summed E-state index contributed by atoms with van der Waals surface area (Å²) in [6, 6.07) is 14.1. The lowest BCUT2D eigenvalue weighted by atomic mass is 10.3. The number of nitrogens with one attached hydrogen (secondary N) is 2. The van der Waals surface area contributed by atoms with Crippen molar-refractivity contribution in [1.82, 2.24) is 4.90 Å². The number of hydrogen-bond acceptors (Lipinski definition) is 4. The van der Waals surface area contributed by atoms with Crippen molar-refractivity contribution in [3.63, 3.8) is 0 Å². The second kappa shape index (κ2) is 9.79. The van der Waals surface area contributed by atoms with E-state index in [1.54, 1.807) is 60.5 Å². The van der Waals surface area contributed by atoms with Gasteiger partial charge in [-0.25, -0.2) is 0 Å². The van der Waals surface area contributed by atoms with Crippen LogP contribution in [0.5, 0.6) is 5.75 Å². The van der Waals surface area contributed by atoms with E-state index in [2.05, 4.69) is 10.6 Å². The van der Waals surface area contributed by atoms with E-state index in [1.165, 1.54) is 0 Å². The molecule has 0 aromatic heterocycles. The normalized spacial score (nSPS) is 10.5. The SMILES string of the molecule is CCN(CC(=O)Nc1ccc(OC)cc1)CC(=O)Nc1ccccc1Cl. The molecule has 2 amide bonds. The number of methoxy groups -OCH3 is 1. The fourth-order valence-corrected chi connectivity index (χ4v) is 2.50.